The van der Waals surface area contributed by atoms with E-state index in [1.807, 2.05) is 0 Å². The largest absolute Gasteiger partial charge is 0.469 e. The van der Waals surface area contributed by atoms with Gasteiger partial charge in [0.15, 0.2) is 0 Å². The van der Waals surface area contributed by atoms with Crippen molar-refractivity contribution in [2.24, 2.45) is 5.92 Å². The van der Waals surface area contributed by atoms with Crippen LogP contribution in [0.2, 0.25) is 0 Å². The molecule has 1 fully saturated rings. The van der Waals surface area contributed by atoms with E-state index in [0.29, 0.717) is 23.0 Å². The maximum atomic E-state index is 12.4. The molecule has 1 atom stereocenters. The van der Waals surface area contributed by atoms with Gasteiger partial charge in [0.05, 0.1) is 22.9 Å². The van der Waals surface area contributed by atoms with Crippen molar-refractivity contribution in [3.05, 3.63) is 17.0 Å². The highest BCUT2D eigenvalue weighted by molar-refractivity contribution is 7.18. The van der Waals surface area contributed by atoms with E-state index in [0.717, 1.165) is 12.8 Å². The van der Waals surface area contributed by atoms with Crippen LogP contribution in [0.3, 0.4) is 0 Å². The van der Waals surface area contributed by atoms with Gasteiger partial charge in [-0.15, -0.1) is 11.3 Å². The normalized spacial score (nSPS) is 18.2. The monoisotopic (exact) mass is 310 g/mol. The summed E-state index contributed by atoms with van der Waals surface area (Å²) in [6.07, 6.45) is 1.54. The molecule has 1 aromatic rings. The van der Waals surface area contributed by atoms with E-state index in [-0.39, 0.29) is 23.7 Å². The zero-order chi connectivity index (χ0) is 15.4. The Labute approximate surface area is 127 Å². The first-order valence-electron chi connectivity index (χ1n) is 6.75. The van der Waals surface area contributed by atoms with Crippen molar-refractivity contribution in [2.75, 3.05) is 25.5 Å². The number of piperidine rings is 1. The summed E-state index contributed by atoms with van der Waals surface area (Å²) in [4.78, 5) is 37.2. The van der Waals surface area contributed by atoms with Crippen molar-refractivity contribution in [3.63, 3.8) is 0 Å². The third-order valence-electron chi connectivity index (χ3n) is 3.36. The first-order chi connectivity index (χ1) is 10.0. The molecule has 2 rings (SSSR count). The number of carbonyl (C=O) groups is 3. The zero-order valence-electron chi connectivity index (χ0n) is 12.0. The van der Waals surface area contributed by atoms with Crippen LogP contribution in [-0.2, 0) is 14.3 Å². The number of thiophene rings is 1. The number of ether oxygens (including phenoxy) is 1. The van der Waals surface area contributed by atoms with Gasteiger partial charge in [-0.05, 0) is 25.0 Å². The van der Waals surface area contributed by atoms with Gasteiger partial charge in [0.25, 0.3) is 5.91 Å². The SMILES string of the molecule is COC(=O)C1CCCN(C(=O)c2ccc(NC(C)=O)s2)C1. The van der Waals surface area contributed by atoms with E-state index in [1.54, 1.807) is 17.0 Å². The third kappa shape index (κ3) is 3.81. The number of carbonyl (C=O) groups excluding carboxylic acids is 3. The maximum Gasteiger partial charge on any atom is 0.310 e. The van der Waals surface area contributed by atoms with E-state index in [4.69, 9.17) is 4.74 Å². The molecule has 1 saturated heterocycles. The second kappa shape index (κ2) is 6.71. The highest BCUT2D eigenvalue weighted by Gasteiger charge is 2.30. The number of nitrogens with one attached hydrogen (secondary N) is 1. The number of methoxy groups -OCH3 is 1. The molecule has 7 heteroatoms. The highest BCUT2D eigenvalue weighted by atomic mass is 32.1. The quantitative estimate of drug-likeness (QED) is 0.863. The van der Waals surface area contributed by atoms with Crippen LogP contribution in [0.5, 0.6) is 0 Å². The molecular formula is C14H18N2O4S. The average molecular weight is 310 g/mol. The van der Waals surface area contributed by atoms with E-state index >= 15 is 0 Å². The van der Waals surface area contributed by atoms with Crippen LogP contribution in [0.4, 0.5) is 5.00 Å². The van der Waals surface area contributed by atoms with Crippen LogP contribution in [0.25, 0.3) is 0 Å². The number of likely N-dealkylation sites (tertiary alicyclic amines) is 1. The van der Waals surface area contributed by atoms with Crippen molar-refractivity contribution in [3.8, 4) is 0 Å². The van der Waals surface area contributed by atoms with Gasteiger partial charge in [0, 0.05) is 20.0 Å². The van der Waals surface area contributed by atoms with Crippen molar-refractivity contribution < 1.29 is 19.1 Å². The second-order valence-corrected chi connectivity index (χ2v) is 6.04. The molecule has 1 aliphatic rings. The summed E-state index contributed by atoms with van der Waals surface area (Å²) < 4.78 is 4.75. The topological polar surface area (TPSA) is 75.7 Å². The van der Waals surface area contributed by atoms with Gasteiger partial charge in [-0.3, -0.25) is 14.4 Å². The van der Waals surface area contributed by atoms with E-state index < -0.39 is 0 Å². The Morgan fingerprint density at radius 3 is 2.81 bits per heavy atom. The van der Waals surface area contributed by atoms with Gasteiger partial charge in [0.1, 0.15) is 0 Å². The van der Waals surface area contributed by atoms with Crippen LogP contribution in [-0.4, -0.2) is 42.9 Å². The average Bonchev–Trinajstić information content (AvgIpc) is 2.93. The molecule has 1 N–H and O–H groups in total. The molecule has 1 aromatic heterocycles. The second-order valence-electron chi connectivity index (χ2n) is 4.96. The van der Waals surface area contributed by atoms with Crippen LogP contribution in [0, 0.1) is 5.92 Å². The fourth-order valence-corrected chi connectivity index (χ4v) is 3.29. The Bertz CT molecular complexity index is 555. The molecule has 0 saturated carbocycles. The van der Waals surface area contributed by atoms with Crippen molar-refractivity contribution >= 4 is 34.1 Å². The lowest BCUT2D eigenvalue weighted by Crippen LogP contribution is -2.42. The third-order valence-corrected chi connectivity index (χ3v) is 4.35. The summed E-state index contributed by atoms with van der Waals surface area (Å²) in [5.74, 6) is -0.787. The first-order valence-corrected chi connectivity index (χ1v) is 7.57. The fourth-order valence-electron chi connectivity index (χ4n) is 2.37. The molecule has 0 radical (unpaired) electrons. The Hall–Kier alpha value is -1.89. The van der Waals surface area contributed by atoms with Gasteiger partial charge in [-0.25, -0.2) is 0 Å². The van der Waals surface area contributed by atoms with E-state index in [1.165, 1.54) is 25.4 Å². The fraction of sp³-hybridized carbons (Fsp3) is 0.500. The molecule has 2 heterocycles. The molecule has 2 amide bonds. The van der Waals surface area contributed by atoms with Crippen molar-refractivity contribution in [1.29, 1.82) is 0 Å². The Morgan fingerprint density at radius 2 is 2.14 bits per heavy atom. The summed E-state index contributed by atoms with van der Waals surface area (Å²) in [5.41, 5.74) is 0. The van der Waals surface area contributed by atoms with Crippen LogP contribution in [0.15, 0.2) is 12.1 Å². The standard InChI is InChI=1S/C14H18N2O4S/c1-9(17)15-12-6-5-11(21-12)13(18)16-7-3-4-10(8-16)14(19)20-2/h5-6,10H,3-4,7-8H2,1-2H3,(H,15,17). The molecule has 0 aliphatic carbocycles. The molecule has 1 aliphatic heterocycles. The van der Waals surface area contributed by atoms with Crippen molar-refractivity contribution in [1.82, 2.24) is 4.90 Å². The Balaban J connectivity index is 2.03. The van der Waals surface area contributed by atoms with Crippen LogP contribution < -0.4 is 5.32 Å². The summed E-state index contributed by atoms with van der Waals surface area (Å²) in [6, 6.07) is 3.40. The van der Waals surface area contributed by atoms with Crippen molar-refractivity contribution in [2.45, 2.75) is 19.8 Å². The number of amides is 2. The lowest BCUT2D eigenvalue weighted by Gasteiger charge is -2.31. The molecule has 0 aromatic carbocycles. The molecule has 114 valence electrons. The van der Waals surface area contributed by atoms with Crippen LogP contribution >= 0.6 is 11.3 Å². The lowest BCUT2D eigenvalue weighted by molar-refractivity contribution is -0.146. The molecule has 6 nitrogen and oxygen atoms in total. The minimum atomic E-state index is -0.266. The smallest absolute Gasteiger partial charge is 0.310 e. The lowest BCUT2D eigenvalue weighted by atomic mass is 9.98. The molecule has 1 unspecified atom stereocenters. The number of hydrogen-bond acceptors (Lipinski definition) is 5. The maximum absolute atomic E-state index is 12.4. The number of esters is 1. The number of anilines is 1. The molecule has 21 heavy (non-hydrogen) atoms. The van der Waals surface area contributed by atoms with Gasteiger partial charge >= 0.3 is 5.97 Å². The predicted molar refractivity (Wildman–Crippen MR) is 79.3 cm³/mol. The van der Waals surface area contributed by atoms with Gasteiger partial charge in [-0.1, -0.05) is 0 Å². The minimum Gasteiger partial charge on any atom is -0.469 e. The van der Waals surface area contributed by atoms with E-state index in [2.05, 4.69) is 5.32 Å². The summed E-state index contributed by atoms with van der Waals surface area (Å²) in [5, 5.41) is 3.30. The highest BCUT2D eigenvalue weighted by Crippen LogP contribution is 2.25. The zero-order valence-corrected chi connectivity index (χ0v) is 12.9. The minimum absolute atomic E-state index is 0.106. The number of nitrogens with zero attached hydrogens (tertiary/aromatic N) is 1. The molecule has 0 bridgehead atoms. The van der Waals surface area contributed by atoms with Gasteiger partial charge in [0.2, 0.25) is 5.91 Å². The first kappa shape index (κ1) is 15.5. The number of rotatable bonds is 3. The van der Waals surface area contributed by atoms with E-state index in [9.17, 15) is 14.4 Å². The summed E-state index contributed by atoms with van der Waals surface area (Å²) in [6.45, 7) is 2.45. The molecular weight excluding hydrogens is 292 g/mol. The predicted octanol–water partition coefficient (Wildman–Crippen LogP) is 1.73. The Morgan fingerprint density at radius 1 is 1.38 bits per heavy atom. The number of hydrogen-bond donors (Lipinski definition) is 1. The summed E-state index contributed by atoms with van der Waals surface area (Å²) in [7, 11) is 1.36. The molecule has 0 spiro atoms. The Kier molecular flexibility index (Phi) is 4.95. The van der Waals surface area contributed by atoms with Gasteiger partial charge in [-0.2, -0.15) is 0 Å². The van der Waals surface area contributed by atoms with Crippen LogP contribution in [0.1, 0.15) is 29.4 Å². The summed E-state index contributed by atoms with van der Waals surface area (Å²) >= 11 is 1.24. The van der Waals surface area contributed by atoms with Gasteiger partial charge < -0.3 is 15.0 Å².